The smallest absolute Gasteiger partial charge is 0.543 e. The Morgan fingerprint density at radius 2 is 1.97 bits per heavy atom. The monoisotopic (exact) mass is 507 g/mol. The van der Waals surface area contributed by atoms with Crippen molar-refractivity contribution in [3.05, 3.63) is 41.1 Å². The van der Waals surface area contributed by atoms with Crippen LogP contribution in [0.3, 0.4) is 0 Å². The van der Waals surface area contributed by atoms with Gasteiger partial charge in [0.2, 0.25) is 0 Å². The minimum atomic E-state index is -3.84. The third-order valence-electron chi connectivity index (χ3n) is 4.45. The minimum absolute atomic E-state index is 0. The van der Waals surface area contributed by atoms with Crippen LogP contribution < -0.4 is 34.7 Å². The van der Waals surface area contributed by atoms with Crippen molar-refractivity contribution in [2.24, 2.45) is 4.40 Å². The number of thioether (sulfide) groups is 1. The van der Waals surface area contributed by atoms with E-state index in [2.05, 4.69) is 4.40 Å². The van der Waals surface area contributed by atoms with Gasteiger partial charge in [0.25, 0.3) is 15.9 Å². The normalized spacial score (nSPS) is 19.4. The fourth-order valence-electron chi connectivity index (χ4n) is 2.81. The van der Waals surface area contributed by atoms with Crippen molar-refractivity contribution in [2.45, 2.75) is 24.1 Å². The third-order valence-corrected chi connectivity index (χ3v) is 8.56. The molecule has 2 aliphatic heterocycles. The van der Waals surface area contributed by atoms with Crippen molar-refractivity contribution in [3.8, 4) is 0 Å². The molecular formula is C18H18N3NaO7S3. The summed E-state index contributed by atoms with van der Waals surface area (Å²) in [5.74, 6) is -2.63. The van der Waals surface area contributed by atoms with Gasteiger partial charge in [0, 0.05) is 25.3 Å². The zero-order chi connectivity index (χ0) is 22.9. The molecule has 32 heavy (non-hydrogen) atoms. The number of carboxylic acid groups (broad SMARTS) is 1. The van der Waals surface area contributed by atoms with E-state index in [1.165, 1.54) is 37.9 Å². The fourth-order valence-corrected chi connectivity index (χ4v) is 5.99. The summed E-state index contributed by atoms with van der Waals surface area (Å²) < 4.78 is 35.1. The van der Waals surface area contributed by atoms with Crippen LogP contribution in [0.15, 0.2) is 44.8 Å². The van der Waals surface area contributed by atoms with Crippen LogP contribution in [0, 0.1) is 6.92 Å². The van der Waals surface area contributed by atoms with Gasteiger partial charge in [0.05, 0.1) is 28.7 Å². The summed E-state index contributed by atoms with van der Waals surface area (Å²) in [4.78, 5) is 36.2. The van der Waals surface area contributed by atoms with E-state index in [1.54, 1.807) is 12.1 Å². The summed E-state index contributed by atoms with van der Waals surface area (Å²) in [7, 11) is -2.53. The summed E-state index contributed by atoms with van der Waals surface area (Å²) in [6, 6.07) is 6.29. The Bertz CT molecular complexity index is 1100. The summed E-state index contributed by atoms with van der Waals surface area (Å²) in [6.07, 6.45) is 0. The van der Waals surface area contributed by atoms with Gasteiger partial charge in [-0.15, -0.1) is 15.5 Å². The van der Waals surface area contributed by atoms with Gasteiger partial charge in [-0.2, -0.15) is 4.40 Å². The van der Waals surface area contributed by atoms with Crippen molar-refractivity contribution >= 4 is 57.5 Å². The van der Waals surface area contributed by atoms with E-state index in [0.717, 1.165) is 14.2 Å². The molecule has 2 aliphatic rings. The molecule has 3 rings (SSSR count). The van der Waals surface area contributed by atoms with Crippen LogP contribution >= 0.6 is 23.9 Å². The van der Waals surface area contributed by atoms with Gasteiger partial charge in [0.15, 0.2) is 0 Å². The van der Waals surface area contributed by atoms with Gasteiger partial charge in [-0.25, -0.2) is 8.42 Å². The molecule has 1 saturated heterocycles. The molecule has 14 heteroatoms. The molecule has 0 aliphatic carbocycles. The van der Waals surface area contributed by atoms with Gasteiger partial charge in [-0.1, -0.05) is 17.7 Å². The van der Waals surface area contributed by atoms with Crippen LogP contribution in [-0.4, -0.2) is 65.4 Å². The average molecular weight is 508 g/mol. The maximum absolute atomic E-state index is 12.6. The van der Waals surface area contributed by atoms with E-state index < -0.39 is 33.2 Å². The number of sulfonamides is 1. The van der Waals surface area contributed by atoms with Gasteiger partial charge in [-0.3, -0.25) is 14.5 Å². The Balaban J connectivity index is 0.00000363. The second-order valence-electron chi connectivity index (χ2n) is 6.64. The number of hydrogen-bond acceptors (Lipinski definition) is 10. The number of carbonyl (C=O) groups excluding carboxylic acids is 3. The molecule has 1 amide bonds. The van der Waals surface area contributed by atoms with Crippen molar-refractivity contribution in [2.75, 3.05) is 19.4 Å². The molecule has 0 spiro atoms. The molecule has 166 valence electrons. The molecule has 0 bridgehead atoms. The van der Waals surface area contributed by atoms with Gasteiger partial charge in [0.1, 0.15) is 17.7 Å². The second kappa shape index (κ2) is 10.7. The van der Waals surface area contributed by atoms with E-state index in [9.17, 15) is 27.9 Å². The predicted molar refractivity (Wildman–Crippen MR) is 113 cm³/mol. The van der Waals surface area contributed by atoms with Crippen molar-refractivity contribution in [1.29, 1.82) is 0 Å². The van der Waals surface area contributed by atoms with Crippen molar-refractivity contribution in [1.82, 2.24) is 8.61 Å². The number of aliphatic carboxylic acids is 1. The second-order valence-corrected chi connectivity index (χ2v) is 10.8. The van der Waals surface area contributed by atoms with E-state index in [0.29, 0.717) is 12.1 Å². The first-order valence-corrected chi connectivity index (χ1v) is 12.1. The fraction of sp³-hybridized carbons (Fsp3) is 0.333. The Morgan fingerprint density at radius 1 is 1.34 bits per heavy atom. The number of hydrogen-bond donors (Lipinski definition) is 0. The molecule has 0 radical (unpaired) electrons. The van der Waals surface area contributed by atoms with Crippen LogP contribution in [0.25, 0.3) is 0 Å². The Kier molecular flexibility index (Phi) is 9.01. The quantitative estimate of drug-likeness (QED) is 0.165. The van der Waals surface area contributed by atoms with Crippen LogP contribution in [-0.2, 0) is 29.1 Å². The van der Waals surface area contributed by atoms with Crippen LogP contribution in [0.5, 0.6) is 0 Å². The zero-order valence-electron chi connectivity index (χ0n) is 17.7. The SMILES string of the molecule is CC(=O)OCC1=C(C(=O)[O-])N2C(=O)/C(=N\SN(C)S(=O)(=O)c3ccc(C)cc3)[C@H]2SC1.[Na+]. The molecule has 1 aromatic carbocycles. The average Bonchev–Trinajstić information content (AvgIpc) is 2.71. The largest absolute Gasteiger partial charge is 1.00 e. The number of carboxylic acids is 1. The molecule has 0 unspecified atom stereocenters. The molecule has 1 atom stereocenters. The molecule has 2 heterocycles. The Labute approximate surface area is 216 Å². The number of benzene rings is 1. The number of fused-ring (bicyclic) bond motifs is 1. The number of rotatable bonds is 7. The Morgan fingerprint density at radius 3 is 2.53 bits per heavy atom. The number of β-lactam (4-membered cyclic amide) rings is 1. The van der Waals surface area contributed by atoms with E-state index in [1.807, 2.05) is 6.92 Å². The standard InChI is InChI=1S/C18H19N3O7S3.Na/c1-10-4-6-13(7-5-10)31(26,27)20(3)30-19-14-16(23)21-15(18(24)25)12(8-28-11(2)22)9-29-17(14)21;/h4-7,17H,8-9H2,1-3H3,(H,24,25);/q;+1/p-1/b19-14+;/t17-;/m1./s1. The van der Waals surface area contributed by atoms with Crippen molar-refractivity contribution < 1.29 is 62.2 Å². The van der Waals surface area contributed by atoms with Crippen LogP contribution in [0.1, 0.15) is 12.5 Å². The first kappa shape index (κ1) is 26.9. The maximum atomic E-state index is 12.6. The first-order valence-electron chi connectivity index (χ1n) is 8.86. The van der Waals surface area contributed by atoms with Gasteiger partial charge in [-0.05, 0) is 19.1 Å². The van der Waals surface area contributed by atoms with Crippen molar-refractivity contribution in [3.63, 3.8) is 0 Å². The van der Waals surface area contributed by atoms with E-state index >= 15 is 0 Å². The summed E-state index contributed by atoms with van der Waals surface area (Å²) >= 11 is 1.79. The van der Waals surface area contributed by atoms with E-state index in [-0.39, 0.29) is 63.8 Å². The molecule has 0 saturated carbocycles. The third kappa shape index (κ3) is 5.41. The number of nitrogens with zero attached hydrogens (tertiary/aromatic N) is 3. The molecule has 0 N–H and O–H groups in total. The molecular weight excluding hydrogens is 489 g/mol. The maximum Gasteiger partial charge on any atom is 1.00 e. The molecule has 10 nitrogen and oxygen atoms in total. The van der Waals surface area contributed by atoms with Gasteiger partial charge < -0.3 is 14.6 Å². The number of amides is 1. The molecule has 0 aromatic heterocycles. The Hall–Kier alpha value is -1.35. The summed E-state index contributed by atoms with van der Waals surface area (Å²) in [5.41, 5.74) is 0.843. The summed E-state index contributed by atoms with van der Waals surface area (Å²) in [6.45, 7) is 2.76. The number of aryl methyl sites for hydroxylation is 1. The molecule has 1 fully saturated rings. The van der Waals surface area contributed by atoms with Crippen LogP contribution in [0.4, 0.5) is 0 Å². The topological polar surface area (TPSA) is 136 Å². The molecule has 1 aromatic rings. The predicted octanol–water partition coefficient (Wildman–Crippen LogP) is -2.89. The summed E-state index contributed by atoms with van der Waals surface area (Å²) in [5, 5.41) is 10.9. The number of esters is 1. The van der Waals surface area contributed by atoms with E-state index in [4.69, 9.17) is 4.74 Å². The van der Waals surface area contributed by atoms with Crippen LogP contribution in [0.2, 0.25) is 0 Å². The first-order chi connectivity index (χ1) is 14.5. The van der Waals surface area contributed by atoms with Gasteiger partial charge >= 0.3 is 35.5 Å². The number of ether oxygens (including phenoxy) is 1. The number of carbonyl (C=O) groups is 3. The minimum Gasteiger partial charge on any atom is -0.543 e. The zero-order valence-corrected chi connectivity index (χ0v) is 22.2.